The van der Waals surface area contributed by atoms with Crippen LogP contribution in [0.4, 0.5) is 5.82 Å². The Morgan fingerprint density at radius 1 is 1.24 bits per heavy atom. The topological polar surface area (TPSA) is 95.1 Å². The van der Waals surface area contributed by atoms with Gasteiger partial charge >= 0.3 is 0 Å². The van der Waals surface area contributed by atoms with Crippen LogP contribution >= 0.6 is 0 Å². The number of rotatable bonds is 3. The third-order valence-electron chi connectivity index (χ3n) is 4.33. The predicted molar refractivity (Wildman–Crippen MR) is 87.9 cm³/mol. The quantitative estimate of drug-likeness (QED) is 0.841. The third-order valence-corrected chi connectivity index (χ3v) is 4.33. The molecule has 4 heterocycles. The first-order valence-electron chi connectivity index (χ1n) is 8.05. The van der Waals surface area contributed by atoms with E-state index < -0.39 is 0 Å². The molecule has 7 heteroatoms. The molecule has 2 aromatic rings. The molecule has 0 saturated carbocycles. The van der Waals surface area contributed by atoms with Gasteiger partial charge < -0.3 is 14.4 Å². The number of aromatic nitrogens is 2. The Labute approximate surface area is 145 Å². The summed E-state index contributed by atoms with van der Waals surface area (Å²) in [5, 5.41) is 18.3. The standard InChI is InChI=1S/C18H15N5O2/c19-7-12-5-13-11-24-4-2-17(13)22-18(12)23-9-16(10-23)25-15-1-3-21-14(6-15)8-20/h1,3,5-6,16H,2,4,9-11H2. The third kappa shape index (κ3) is 2.98. The number of nitriles is 2. The molecular formula is C18H15N5O2. The minimum atomic E-state index is 0.00153. The number of anilines is 1. The van der Waals surface area contributed by atoms with Gasteiger partial charge in [0, 0.05) is 24.2 Å². The number of pyridine rings is 2. The fraction of sp³-hybridized carbons (Fsp3) is 0.333. The molecule has 1 saturated heterocycles. The summed E-state index contributed by atoms with van der Waals surface area (Å²) in [6, 6.07) is 9.47. The van der Waals surface area contributed by atoms with Crippen molar-refractivity contribution in [3.63, 3.8) is 0 Å². The Balaban J connectivity index is 1.47. The van der Waals surface area contributed by atoms with Gasteiger partial charge in [-0.3, -0.25) is 0 Å². The first-order chi connectivity index (χ1) is 12.3. The highest BCUT2D eigenvalue weighted by Gasteiger charge is 2.32. The van der Waals surface area contributed by atoms with E-state index in [1.54, 1.807) is 18.3 Å². The lowest BCUT2D eigenvalue weighted by molar-refractivity contribution is 0.109. The van der Waals surface area contributed by atoms with Gasteiger partial charge in [-0.2, -0.15) is 10.5 Å². The van der Waals surface area contributed by atoms with Crippen molar-refractivity contribution >= 4 is 5.82 Å². The first kappa shape index (κ1) is 15.4. The van der Waals surface area contributed by atoms with Crippen molar-refractivity contribution in [2.24, 2.45) is 0 Å². The van der Waals surface area contributed by atoms with Crippen LogP contribution in [0.15, 0.2) is 24.4 Å². The van der Waals surface area contributed by atoms with Gasteiger partial charge in [0.2, 0.25) is 0 Å². The molecule has 0 unspecified atom stereocenters. The van der Waals surface area contributed by atoms with E-state index in [1.165, 1.54) is 0 Å². The van der Waals surface area contributed by atoms with E-state index in [-0.39, 0.29) is 6.10 Å². The highest BCUT2D eigenvalue weighted by atomic mass is 16.5. The van der Waals surface area contributed by atoms with Gasteiger partial charge in [-0.1, -0.05) is 0 Å². The summed E-state index contributed by atoms with van der Waals surface area (Å²) < 4.78 is 11.3. The van der Waals surface area contributed by atoms with E-state index in [2.05, 4.69) is 16.0 Å². The second-order valence-corrected chi connectivity index (χ2v) is 6.01. The molecule has 0 spiro atoms. The second kappa shape index (κ2) is 6.39. The molecule has 4 rings (SSSR count). The average Bonchev–Trinajstić information content (AvgIpc) is 2.63. The summed E-state index contributed by atoms with van der Waals surface area (Å²) in [5.74, 6) is 1.35. The van der Waals surface area contributed by atoms with Crippen LogP contribution in [-0.4, -0.2) is 35.8 Å². The molecule has 0 aromatic carbocycles. The molecule has 2 aliphatic rings. The maximum absolute atomic E-state index is 9.42. The van der Waals surface area contributed by atoms with Gasteiger partial charge in [-0.05, 0) is 12.1 Å². The zero-order valence-electron chi connectivity index (χ0n) is 13.5. The van der Waals surface area contributed by atoms with Crippen LogP contribution in [0.1, 0.15) is 22.5 Å². The molecule has 0 bridgehead atoms. The van der Waals surface area contributed by atoms with E-state index in [1.807, 2.05) is 17.0 Å². The number of hydrogen-bond acceptors (Lipinski definition) is 7. The lowest BCUT2D eigenvalue weighted by atomic mass is 10.0. The van der Waals surface area contributed by atoms with Gasteiger partial charge in [0.25, 0.3) is 0 Å². The second-order valence-electron chi connectivity index (χ2n) is 6.01. The molecule has 2 aliphatic heterocycles. The van der Waals surface area contributed by atoms with Crippen molar-refractivity contribution in [1.29, 1.82) is 10.5 Å². The van der Waals surface area contributed by atoms with Gasteiger partial charge in [-0.25, -0.2) is 9.97 Å². The fourth-order valence-corrected chi connectivity index (χ4v) is 3.02. The molecular weight excluding hydrogens is 318 g/mol. The average molecular weight is 333 g/mol. The SMILES string of the molecule is N#Cc1cc(OC2CN(c3nc4c(cc3C#N)COCC4)C2)ccn1. The van der Waals surface area contributed by atoms with Crippen molar-refractivity contribution in [3.8, 4) is 17.9 Å². The highest BCUT2D eigenvalue weighted by molar-refractivity contribution is 5.58. The van der Waals surface area contributed by atoms with Gasteiger partial charge in [-0.15, -0.1) is 0 Å². The van der Waals surface area contributed by atoms with Crippen molar-refractivity contribution in [1.82, 2.24) is 9.97 Å². The van der Waals surface area contributed by atoms with E-state index in [4.69, 9.17) is 14.7 Å². The Kier molecular flexibility index (Phi) is 3.93. The van der Waals surface area contributed by atoms with Crippen molar-refractivity contribution in [2.45, 2.75) is 19.1 Å². The summed E-state index contributed by atoms with van der Waals surface area (Å²) in [6.45, 7) is 2.50. The zero-order valence-corrected chi connectivity index (χ0v) is 13.5. The van der Waals surface area contributed by atoms with Gasteiger partial charge in [0.05, 0.1) is 37.6 Å². The van der Waals surface area contributed by atoms with Crippen molar-refractivity contribution < 1.29 is 9.47 Å². The van der Waals surface area contributed by atoms with E-state index in [0.717, 1.165) is 23.5 Å². The van der Waals surface area contributed by atoms with E-state index in [0.29, 0.717) is 43.3 Å². The summed E-state index contributed by atoms with van der Waals surface area (Å²) in [5.41, 5.74) is 2.91. The highest BCUT2D eigenvalue weighted by Crippen LogP contribution is 2.28. The van der Waals surface area contributed by atoms with E-state index in [9.17, 15) is 5.26 Å². The summed E-state index contributed by atoms with van der Waals surface area (Å²) in [4.78, 5) is 10.7. The largest absolute Gasteiger partial charge is 0.487 e. The number of nitrogens with zero attached hydrogens (tertiary/aromatic N) is 5. The van der Waals surface area contributed by atoms with Crippen LogP contribution in [0, 0.1) is 22.7 Å². The Hall–Kier alpha value is -3.16. The monoisotopic (exact) mass is 333 g/mol. The lowest BCUT2D eigenvalue weighted by Crippen LogP contribution is -2.54. The van der Waals surface area contributed by atoms with Crippen LogP contribution < -0.4 is 9.64 Å². The zero-order chi connectivity index (χ0) is 17.2. The van der Waals surface area contributed by atoms with Gasteiger partial charge in [0.15, 0.2) is 0 Å². The first-order valence-corrected chi connectivity index (χ1v) is 8.05. The van der Waals surface area contributed by atoms with Gasteiger partial charge in [0.1, 0.15) is 35.5 Å². The number of hydrogen-bond donors (Lipinski definition) is 0. The Morgan fingerprint density at radius 3 is 2.92 bits per heavy atom. The van der Waals surface area contributed by atoms with Crippen LogP contribution in [-0.2, 0) is 17.8 Å². The maximum Gasteiger partial charge on any atom is 0.147 e. The van der Waals surface area contributed by atoms with Crippen LogP contribution in [0.2, 0.25) is 0 Å². The predicted octanol–water partition coefficient (Wildman–Crippen LogP) is 1.56. The molecule has 124 valence electrons. The smallest absolute Gasteiger partial charge is 0.147 e. The maximum atomic E-state index is 9.42. The number of ether oxygens (including phenoxy) is 2. The Bertz CT molecular complexity index is 893. The molecule has 1 fully saturated rings. The fourth-order valence-electron chi connectivity index (χ4n) is 3.02. The minimum absolute atomic E-state index is 0.00153. The lowest BCUT2D eigenvalue weighted by Gasteiger charge is -2.40. The molecule has 7 nitrogen and oxygen atoms in total. The van der Waals surface area contributed by atoms with Crippen molar-refractivity contribution in [3.05, 3.63) is 46.9 Å². The van der Waals surface area contributed by atoms with Crippen molar-refractivity contribution in [2.75, 3.05) is 24.6 Å². The summed E-state index contributed by atoms with van der Waals surface area (Å²) in [6.07, 6.45) is 2.34. The molecule has 0 aliphatic carbocycles. The summed E-state index contributed by atoms with van der Waals surface area (Å²) in [7, 11) is 0. The molecule has 0 amide bonds. The normalized spacial score (nSPS) is 16.3. The van der Waals surface area contributed by atoms with Crippen LogP contribution in [0.5, 0.6) is 5.75 Å². The van der Waals surface area contributed by atoms with Crippen LogP contribution in [0.3, 0.4) is 0 Å². The molecule has 0 N–H and O–H groups in total. The molecule has 0 radical (unpaired) electrons. The van der Waals surface area contributed by atoms with E-state index >= 15 is 0 Å². The molecule has 2 aromatic heterocycles. The minimum Gasteiger partial charge on any atom is -0.487 e. The molecule has 25 heavy (non-hydrogen) atoms. The summed E-state index contributed by atoms with van der Waals surface area (Å²) >= 11 is 0. The number of fused-ring (bicyclic) bond motifs is 1. The van der Waals surface area contributed by atoms with Crippen LogP contribution in [0.25, 0.3) is 0 Å². The molecule has 0 atom stereocenters. The Morgan fingerprint density at radius 2 is 2.12 bits per heavy atom.